The smallest absolute Gasteiger partial charge is 0.307 e. The first kappa shape index (κ1) is 14.0. The van der Waals surface area contributed by atoms with Gasteiger partial charge in [0.1, 0.15) is 18.9 Å². The molecule has 114 valence electrons. The molecule has 4 atom stereocenters. The van der Waals surface area contributed by atoms with Gasteiger partial charge in [-0.3, -0.25) is 19.6 Å². The second kappa shape index (κ2) is 5.46. The lowest BCUT2D eigenvalue weighted by Gasteiger charge is -2.28. The number of fused-ring (bicyclic) bond motifs is 2. The average Bonchev–Trinajstić information content (AvgIpc) is 3.13. The molecule has 0 aliphatic heterocycles. The summed E-state index contributed by atoms with van der Waals surface area (Å²) in [7, 11) is 0. The van der Waals surface area contributed by atoms with Gasteiger partial charge in [0.05, 0.1) is 4.92 Å². The predicted molar refractivity (Wildman–Crippen MR) is 75.4 cm³/mol. The van der Waals surface area contributed by atoms with Gasteiger partial charge in [0.15, 0.2) is 0 Å². The fraction of sp³-hybridized carbons (Fsp3) is 0.714. The van der Waals surface area contributed by atoms with Gasteiger partial charge in [-0.05, 0) is 43.9 Å². The largest absolute Gasteiger partial charge is 0.352 e. The molecule has 0 radical (unpaired) electrons. The molecule has 0 saturated heterocycles. The van der Waals surface area contributed by atoms with Crippen LogP contribution in [0.3, 0.4) is 0 Å². The Kier molecular flexibility index (Phi) is 3.65. The number of amides is 1. The lowest BCUT2D eigenvalue weighted by molar-refractivity contribution is -0.385. The van der Waals surface area contributed by atoms with E-state index < -0.39 is 4.92 Å². The topological polar surface area (TPSA) is 90.1 Å². The summed E-state index contributed by atoms with van der Waals surface area (Å²) in [6, 6.07) is 0.165. The van der Waals surface area contributed by atoms with Gasteiger partial charge in [-0.2, -0.15) is 5.10 Å². The Bertz CT molecular complexity index is 556. The van der Waals surface area contributed by atoms with E-state index in [1.165, 1.54) is 36.6 Å². The van der Waals surface area contributed by atoms with Gasteiger partial charge in [-0.1, -0.05) is 6.42 Å². The van der Waals surface area contributed by atoms with E-state index in [1.54, 1.807) is 0 Å². The predicted octanol–water partition coefficient (Wildman–Crippen LogP) is 1.73. The number of nitrogens with zero attached hydrogens (tertiary/aromatic N) is 3. The zero-order valence-corrected chi connectivity index (χ0v) is 12.1. The number of hydrogen-bond donors (Lipinski definition) is 1. The number of carbonyl (C=O) groups excluding carboxylic acids is 1. The highest BCUT2D eigenvalue weighted by molar-refractivity contribution is 5.76. The molecule has 2 saturated carbocycles. The lowest BCUT2D eigenvalue weighted by atomic mass is 9.84. The van der Waals surface area contributed by atoms with Crippen molar-refractivity contribution in [2.24, 2.45) is 17.8 Å². The van der Waals surface area contributed by atoms with Crippen LogP contribution in [0.4, 0.5) is 5.69 Å². The molecule has 2 fully saturated rings. The highest BCUT2D eigenvalue weighted by Gasteiger charge is 2.42. The van der Waals surface area contributed by atoms with Crippen LogP contribution in [0.25, 0.3) is 0 Å². The standard InChI is InChI=1S/C14H20N4O3/c1-9(13-5-10-2-3-11(13)4-10)16-14(19)8-17-7-12(6-15-17)18(20)21/h6-7,9-11,13H,2-5,8H2,1H3,(H,16,19). The monoisotopic (exact) mass is 292 g/mol. The third-order valence-corrected chi connectivity index (χ3v) is 4.96. The van der Waals surface area contributed by atoms with Crippen molar-refractivity contribution in [3.63, 3.8) is 0 Å². The molecule has 7 heteroatoms. The molecule has 2 aliphatic carbocycles. The van der Waals surface area contributed by atoms with E-state index >= 15 is 0 Å². The molecule has 3 rings (SSSR count). The maximum Gasteiger partial charge on any atom is 0.307 e. The summed E-state index contributed by atoms with van der Waals surface area (Å²) >= 11 is 0. The Hall–Kier alpha value is -1.92. The van der Waals surface area contributed by atoms with Crippen LogP contribution in [-0.4, -0.2) is 26.7 Å². The summed E-state index contributed by atoms with van der Waals surface area (Å²) in [5.74, 6) is 2.06. The van der Waals surface area contributed by atoms with E-state index in [4.69, 9.17) is 0 Å². The van der Waals surface area contributed by atoms with Crippen LogP contribution in [0.2, 0.25) is 0 Å². The van der Waals surface area contributed by atoms with Gasteiger partial charge in [0.2, 0.25) is 5.91 Å². The van der Waals surface area contributed by atoms with Gasteiger partial charge < -0.3 is 5.32 Å². The van der Waals surface area contributed by atoms with Crippen molar-refractivity contribution in [2.75, 3.05) is 0 Å². The van der Waals surface area contributed by atoms with Crippen molar-refractivity contribution >= 4 is 11.6 Å². The number of carbonyl (C=O) groups is 1. The SMILES string of the molecule is CC(NC(=O)Cn1cc([N+](=O)[O-])cn1)C1CC2CCC1C2. The molecule has 1 aromatic heterocycles. The number of rotatable bonds is 5. The lowest BCUT2D eigenvalue weighted by Crippen LogP contribution is -2.41. The summed E-state index contributed by atoms with van der Waals surface area (Å²) in [5, 5.41) is 17.4. The second-order valence-electron chi connectivity index (χ2n) is 6.35. The molecule has 7 nitrogen and oxygen atoms in total. The Morgan fingerprint density at radius 2 is 2.38 bits per heavy atom. The fourth-order valence-corrected chi connectivity index (χ4v) is 3.99. The van der Waals surface area contributed by atoms with Crippen molar-refractivity contribution in [3.05, 3.63) is 22.5 Å². The first-order valence-corrected chi connectivity index (χ1v) is 7.49. The van der Waals surface area contributed by atoms with Crippen molar-refractivity contribution in [2.45, 2.75) is 45.2 Å². The molecule has 21 heavy (non-hydrogen) atoms. The number of nitrogens with one attached hydrogen (secondary N) is 1. The highest BCUT2D eigenvalue weighted by Crippen LogP contribution is 2.49. The minimum absolute atomic E-state index is 0.0268. The van der Waals surface area contributed by atoms with Crippen molar-refractivity contribution < 1.29 is 9.72 Å². The summed E-state index contributed by atoms with van der Waals surface area (Å²) in [5.41, 5.74) is -0.0936. The Labute approximate surface area is 122 Å². The van der Waals surface area contributed by atoms with Crippen LogP contribution >= 0.6 is 0 Å². The first-order valence-electron chi connectivity index (χ1n) is 7.49. The van der Waals surface area contributed by atoms with Crippen LogP contribution in [-0.2, 0) is 11.3 Å². The molecular weight excluding hydrogens is 272 g/mol. The quantitative estimate of drug-likeness (QED) is 0.661. The highest BCUT2D eigenvalue weighted by atomic mass is 16.6. The van der Waals surface area contributed by atoms with Crippen molar-refractivity contribution in [1.82, 2.24) is 15.1 Å². The van der Waals surface area contributed by atoms with E-state index in [0.717, 1.165) is 18.0 Å². The minimum Gasteiger partial charge on any atom is -0.352 e. The molecule has 1 N–H and O–H groups in total. The summed E-state index contributed by atoms with van der Waals surface area (Å²) < 4.78 is 1.31. The van der Waals surface area contributed by atoms with Gasteiger partial charge in [0.25, 0.3) is 0 Å². The Balaban J connectivity index is 1.52. The van der Waals surface area contributed by atoms with Crippen LogP contribution < -0.4 is 5.32 Å². The molecule has 4 unspecified atom stereocenters. The van der Waals surface area contributed by atoms with Crippen molar-refractivity contribution in [3.8, 4) is 0 Å². The molecular formula is C14H20N4O3. The average molecular weight is 292 g/mol. The first-order chi connectivity index (χ1) is 10.0. The molecule has 1 aromatic rings. The van der Waals surface area contributed by atoms with Crippen LogP contribution in [0.15, 0.2) is 12.4 Å². The molecule has 2 aliphatic rings. The zero-order valence-electron chi connectivity index (χ0n) is 12.1. The zero-order chi connectivity index (χ0) is 15.0. The molecule has 1 heterocycles. The van der Waals surface area contributed by atoms with Gasteiger partial charge in [0, 0.05) is 6.04 Å². The Morgan fingerprint density at radius 1 is 1.57 bits per heavy atom. The van der Waals surface area contributed by atoms with E-state index in [-0.39, 0.29) is 24.2 Å². The summed E-state index contributed by atoms with van der Waals surface area (Å²) in [4.78, 5) is 22.1. The maximum atomic E-state index is 12.0. The number of aromatic nitrogens is 2. The van der Waals surface area contributed by atoms with Crippen LogP contribution in [0, 0.1) is 27.9 Å². The molecule has 0 spiro atoms. The summed E-state index contributed by atoms with van der Waals surface area (Å²) in [6.45, 7) is 2.09. The molecule has 1 amide bonds. The van der Waals surface area contributed by atoms with Crippen LogP contribution in [0.1, 0.15) is 32.6 Å². The van der Waals surface area contributed by atoms with E-state index in [0.29, 0.717) is 5.92 Å². The van der Waals surface area contributed by atoms with Crippen LogP contribution in [0.5, 0.6) is 0 Å². The van der Waals surface area contributed by atoms with E-state index in [1.807, 2.05) is 0 Å². The normalized spacial score (nSPS) is 28.5. The number of nitro groups is 1. The second-order valence-corrected chi connectivity index (χ2v) is 6.35. The third-order valence-electron chi connectivity index (χ3n) is 4.96. The van der Waals surface area contributed by atoms with Gasteiger partial charge >= 0.3 is 5.69 Å². The third kappa shape index (κ3) is 2.91. The number of hydrogen-bond acceptors (Lipinski definition) is 4. The maximum absolute atomic E-state index is 12.0. The fourth-order valence-electron chi connectivity index (χ4n) is 3.99. The Morgan fingerprint density at radius 3 is 2.95 bits per heavy atom. The van der Waals surface area contributed by atoms with Gasteiger partial charge in [-0.15, -0.1) is 0 Å². The minimum atomic E-state index is -0.515. The molecule has 0 aromatic carbocycles. The summed E-state index contributed by atoms with van der Waals surface area (Å²) in [6.07, 6.45) is 7.61. The van der Waals surface area contributed by atoms with E-state index in [9.17, 15) is 14.9 Å². The van der Waals surface area contributed by atoms with Crippen molar-refractivity contribution in [1.29, 1.82) is 0 Å². The van der Waals surface area contributed by atoms with E-state index in [2.05, 4.69) is 17.3 Å². The molecule has 2 bridgehead atoms. The van der Waals surface area contributed by atoms with Gasteiger partial charge in [-0.25, -0.2) is 0 Å².